The van der Waals surface area contributed by atoms with E-state index in [0.29, 0.717) is 23.7 Å². The predicted molar refractivity (Wildman–Crippen MR) is 295 cm³/mol. The minimum Gasteiger partial charge on any atom is -0.393 e. The molecule has 392 valence electrons. The van der Waals surface area contributed by atoms with Crippen LogP contribution in [-0.4, -0.2) is 83.0 Å². The van der Waals surface area contributed by atoms with Crippen LogP contribution < -0.4 is 0 Å². The standard InChI is InChI=1S/4C16H18N2O/c4*19-15-8-4-3-7-13(15)16-12-6-2-1-5-11(12)14-9-17-10-18(14)16/h4*1-2,5-6,9-10,13,15-16,19H,3-4,7-8H2/t13-,15+,16+;13-,15+,16-;13-,15-,16+;13-,15-,16-/m1010/s1. The third-order valence-corrected chi connectivity index (χ3v) is 18.8. The van der Waals surface area contributed by atoms with Gasteiger partial charge in [0.1, 0.15) is 0 Å². The second-order valence-corrected chi connectivity index (χ2v) is 22.9. The van der Waals surface area contributed by atoms with E-state index in [4.69, 9.17) is 0 Å². The molecule has 0 saturated heterocycles. The van der Waals surface area contributed by atoms with Crippen molar-refractivity contribution < 1.29 is 20.4 Å². The molecule has 0 unspecified atom stereocenters. The van der Waals surface area contributed by atoms with Crippen LogP contribution in [0, 0.1) is 23.7 Å². The molecule has 4 saturated carbocycles. The van der Waals surface area contributed by atoms with E-state index in [1.165, 1.54) is 93.0 Å². The molecule has 4 aliphatic heterocycles. The van der Waals surface area contributed by atoms with E-state index in [9.17, 15) is 20.4 Å². The highest BCUT2D eigenvalue weighted by Gasteiger charge is 2.42. The van der Waals surface area contributed by atoms with Gasteiger partial charge in [0.25, 0.3) is 0 Å². The summed E-state index contributed by atoms with van der Waals surface area (Å²) in [5.74, 6) is 1.30. The lowest BCUT2D eigenvalue weighted by molar-refractivity contribution is 0.0502. The number of fused-ring (bicyclic) bond motifs is 12. The Morgan fingerprint density at radius 2 is 0.500 bits per heavy atom. The maximum absolute atomic E-state index is 10.4. The number of hydrogen-bond donors (Lipinski definition) is 4. The minimum absolute atomic E-state index is 0.180. The minimum atomic E-state index is -0.180. The zero-order valence-corrected chi connectivity index (χ0v) is 43.5. The van der Waals surface area contributed by atoms with Crippen LogP contribution in [0.25, 0.3) is 45.0 Å². The first-order chi connectivity index (χ1) is 37.4. The fourth-order valence-electron chi connectivity index (χ4n) is 15.3. The quantitative estimate of drug-likeness (QED) is 0.136. The second kappa shape index (κ2) is 21.2. The zero-order valence-electron chi connectivity index (χ0n) is 43.5. The Bertz CT molecular complexity index is 2850. The van der Waals surface area contributed by atoms with Gasteiger partial charge in [0.15, 0.2) is 0 Å². The molecule has 4 aliphatic carbocycles. The van der Waals surface area contributed by atoms with E-state index in [0.717, 1.165) is 77.0 Å². The Hall–Kier alpha value is -6.44. The van der Waals surface area contributed by atoms with E-state index in [2.05, 4.69) is 135 Å². The van der Waals surface area contributed by atoms with Gasteiger partial charge in [-0.05, 0) is 73.6 Å². The van der Waals surface area contributed by atoms with Gasteiger partial charge in [0.05, 0.1) is 121 Å². The molecule has 8 aromatic rings. The summed E-state index contributed by atoms with van der Waals surface area (Å²) in [6.07, 6.45) is 32.4. The highest BCUT2D eigenvalue weighted by Crippen LogP contribution is 2.51. The Morgan fingerprint density at radius 3 is 0.724 bits per heavy atom. The number of aliphatic hydroxyl groups excluding tert-OH is 4. The molecule has 16 rings (SSSR count). The Labute approximate surface area is 446 Å². The van der Waals surface area contributed by atoms with Gasteiger partial charge in [-0.25, -0.2) is 19.9 Å². The van der Waals surface area contributed by atoms with Crippen LogP contribution in [0.2, 0.25) is 0 Å². The number of hydrogen-bond acceptors (Lipinski definition) is 8. The molecule has 0 amide bonds. The molecule has 8 heterocycles. The smallest absolute Gasteiger partial charge is 0.0956 e. The highest BCUT2D eigenvalue weighted by molar-refractivity contribution is 5.72. The molecule has 4 fully saturated rings. The van der Waals surface area contributed by atoms with Crippen LogP contribution in [-0.2, 0) is 0 Å². The molecule has 4 aromatic carbocycles. The normalized spacial score (nSPS) is 29.0. The van der Waals surface area contributed by atoms with Gasteiger partial charge >= 0.3 is 0 Å². The van der Waals surface area contributed by atoms with Crippen molar-refractivity contribution in [3.63, 3.8) is 0 Å². The molecule has 4 N–H and O–H groups in total. The lowest BCUT2D eigenvalue weighted by atomic mass is 9.79. The first kappa shape index (κ1) is 49.2. The maximum atomic E-state index is 10.4. The van der Waals surface area contributed by atoms with Crippen molar-refractivity contribution in [2.75, 3.05) is 0 Å². The van der Waals surface area contributed by atoms with Crippen LogP contribution in [0.15, 0.2) is 147 Å². The fourth-order valence-corrected chi connectivity index (χ4v) is 15.3. The topological polar surface area (TPSA) is 152 Å². The van der Waals surface area contributed by atoms with Gasteiger partial charge in [-0.1, -0.05) is 148 Å². The van der Waals surface area contributed by atoms with E-state index in [1.807, 2.05) is 50.1 Å². The maximum Gasteiger partial charge on any atom is 0.0956 e. The van der Waals surface area contributed by atoms with Crippen LogP contribution in [0.1, 0.15) is 149 Å². The molecule has 0 bridgehead atoms. The average molecular weight is 1020 g/mol. The van der Waals surface area contributed by atoms with Crippen LogP contribution in [0.4, 0.5) is 0 Å². The summed E-state index contributed by atoms with van der Waals surface area (Å²) in [6, 6.07) is 35.2. The zero-order chi connectivity index (χ0) is 51.3. The van der Waals surface area contributed by atoms with Crippen molar-refractivity contribution in [2.45, 2.75) is 151 Å². The van der Waals surface area contributed by atoms with Crippen molar-refractivity contribution in [1.29, 1.82) is 0 Å². The van der Waals surface area contributed by atoms with Crippen molar-refractivity contribution in [1.82, 2.24) is 38.2 Å². The lowest BCUT2D eigenvalue weighted by Gasteiger charge is -2.33. The second-order valence-electron chi connectivity index (χ2n) is 22.9. The molecule has 12 nitrogen and oxygen atoms in total. The Morgan fingerprint density at radius 1 is 0.289 bits per heavy atom. The molecule has 0 radical (unpaired) electrons. The number of aliphatic hydroxyl groups is 4. The first-order valence-corrected chi connectivity index (χ1v) is 28.6. The fraction of sp³-hybridized carbons (Fsp3) is 0.438. The number of rotatable bonds is 4. The molecular weight excluding hydrogens is 945 g/mol. The molecule has 76 heavy (non-hydrogen) atoms. The lowest BCUT2D eigenvalue weighted by Crippen LogP contribution is -2.31. The van der Waals surface area contributed by atoms with Gasteiger partial charge < -0.3 is 38.7 Å². The number of benzene rings is 4. The molecule has 8 aliphatic rings. The molecule has 12 atom stereocenters. The van der Waals surface area contributed by atoms with Gasteiger partial charge in [0, 0.05) is 45.9 Å². The van der Waals surface area contributed by atoms with Gasteiger partial charge in [0.2, 0.25) is 0 Å². The highest BCUT2D eigenvalue weighted by atomic mass is 16.3. The van der Waals surface area contributed by atoms with Crippen LogP contribution in [0.5, 0.6) is 0 Å². The average Bonchev–Trinajstić information content (AvgIpc) is 4.34. The Balaban J connectivity index is 0.0000000970. The third kappa shape index (κ3) is 8.69. The first-order valence-electron chi connectivity index (χ1n) is 28.6. The van der Waals surface area contributed by atoms with Crippen molar-refractivity contribution in [3.05, 3.63) is 169 Å². The monoisotopic (exact) mass is 1020 g/mol. The summed E-state index contributed by atoms with van der Waals surface area (Å²) in [4.78, 5) is 17.2. The van der Waals surface area contributed by atoms with E-state index in [-0.39, 0.29) is 48.6 Å². The van der Waals surface area contributed by atoms with Gasteiger partial charge in [-0.3, -0.25) is 0 Å². The summed E-state index contributed by atoms with van der Waals surface area (Å²) in [6.45, 7) is 0. The summed E-state index contributed by atoms with van der Waals surface area (Å²) >= 11 is 0. The van der Waals surface area contributed by atoms with Crippen molar-refractivity contribution in [3.8, 4) is 45.0 Å². The summed E-state index contributed by atoms with van der Waals surface area (Å²) < 4.78 is 9.02. The van der Waals surface area contributed by atoms with Gasteiger partial charge in [-0.2, -0.15) is 0 Å². The van der Waals surface area contributed by atoms with Crippen LogP contribution >= 0.6 is 0 Å². The summed E-state index contributed by atoms with van der Waals surface area (Å²) in [5.41, 5.74) is 15.3. The molecule has 12 heteroatoms. The summed E-state index contributed by atoms with van der Waals surface area (Å²) in [5, 5.41) is 41.5. The summed E-state index contributed by atoms with van der Waals surface area (Å²) in [7, 11) is 0. The largest absolute Gasteiger partial charge is 0.393 e. The van der Waals surface area contributed by atoms with Crippen molar-refractivity contribution in [2.24, 2.45) is 23.7 Å². The van der Waals surface area contributed by atoms with Crippen LogP contribution in [0.3, 0.4) is 0 Å². The predicted octanol–water partition coefficient (Wildman–Crippen LogP) is 12.0. The molecule has 4 aromatic heterocycles. The van der Waals surface area contributed by atoms with E-state index < -0.39 is 0 Å². The van der Waals surface area contributed by atoms with E-state index in [1.54, 1.807) is 0 Å². The third-order valence-electron chi connectivity index (χ3n) is 18.8. The number of imidazole rings is 4. The van der Waals surface area contributed by atoms with E-state index >= 15 is 0 Å². The SMILES string of the molecule is O[C@@H]1CCCC[C@@H]1[C@@H]1c2ccccc2-c2cncn21.O[C@@H]1CCCC[C@H]1[C@@H]1c2ccccc2-c2cncn21.O[C@H]1CCCC[C@@H]1[C@@H]1c2ccccc2-c2cncn21.O[C@H]1CCCC[C@H]1[C@@H]1c2ccccc2-c2cncn21. The molecular formula is C64H72N8O4. The molecule has 0 spiro atoms. The number of aromatic nitrogens is 8. The number of nitrogens with zero attached hydrogens (tertiary/aromatic N) is 8. The Kier molecular flexibility index (Phi) is 13.7. The van der Waals surface area contributed by atoms with Gasteiger partial charge in [-0.15, -0.1) is 0 Å². The van der Waals surface area contributed by atoms with Crippen molar-refractivity contribution >= 4 is 0 Å².